The first-order valence-electron chi connectivity index (χ1n) is 6.94. The van der Waals surface area contributed by atoms with Crippen molar-refractivity contribution in [1.82, 2.24) is 0 Å². The first-order valence-corrected chi connectivity index (χ1v) is 6.94. The zero-order valence-electron chi connectivity index (χ0n) is 12.7. The van der Waals surface area contributed by atoms with Crippen LogP contribution in [0.5, 0.6) is 5.75 Å². The molecule has 26 heavy (non-hydrogen) atoms. The minimum Gasteiger partial charge on any atom is -0.478 e. The second kappa shape index (κ2) is 7.11. The van der Waals surface area contributed by atoms with Crippen molar-refractivity contribution in [2.24, 2.45) is 0 Å². The van der Waals surface area contributed by atoms with Crippen LogP contribution in [0.1, 0.15) is 11.1 Å². The summed E-state index contributed by atoms with van der Waals surface area (Å²) in [6.07, 6.45) is -8.18. The summed E-state index contributed by atoms with van der Waals surface area (Å²) in [5.41, 5.74) is -0.816. The standard InChI is InChI=1S/C17H10F6O3/c18-16(19,20)14-7-3-11(9-12(14)4-8-15(24)25)10-1-5-13(6-2-10)26-17(21,22)23/h1-9H,(H,24,25)/b8-4+. The average Bonchev–Trinajstić information content (AvgIpc) is 2.51. The number of benzene rings is 2. The van der Waals surface area contributed by atoms with Crippen LogP contribution in [-0.4, -0.2) is 17.4 Å². The summed E-state index contributed by atoms with van der Waals surface area (Å²) < 4.78 is 79.2. The van der Waals surface area contributed by atoms with E-state index in [1.165, 1.54) is 12.1 Å². The van der Waals surface area contributed by atoms with Crippen LogP contribution in [0.4, 0.5) is 26.3 Å². The maximum atomic E-state index is 13.0. The first-order chi connectivity index (χ1) is 12.0. The number of hydrogen-bond donors (Lipinski definition) is 1. The van der Waals surface area contributed by atoms with Gasteiger partial charge < -0.3 is 9.84 Å². The molecule has 0 heterocycles. The normalized spacial score (nSPS) is 12.4. The number of rotatable bonds is 4. The lowest BCUT2D eigenvalue weighted by Gasteiger charge is -2.13. The number of aliphatic carboxylic acids is 1. The Labute approximate surface area is 143 Å². The summed E-state index contributed by atoms with van der Waals surface area (Å²) in [5, 5.41) is 8.60. The number of hydrogen-bond acceptors (Lipinski definition) is 2. The maximum Gasteiger partial charge on any atom is 0.573 e. The van der Waals surface area contributed by atoms with E-state index >= 15 is 0 Å². The lowest BCUT2D eigenvalue weighted by atomic mass is 9.98. The fourth-order valence-corrected chi connectivity index (χ4v) is 2.15. The van der Waals surface area contributed by atoms with E-state index in [2.05, 4.69) is 4.74 Å². The van der Waals surface area contributed by atoms with Crippen molar-refractivity contribution in [3.63, 3.8) is 0 Å². The van der Waals surface area contributed by atoms with Gasteiger partial charge in [0.15, 0.2) is 0 Å². The first kappa shape index (κ1) is 19.4. The lowest BCUT2D eigenvalue weighted by Crippen LogP contribution is -2.16. The maximum absolute atomic E-state index is 13.0. The Morgan fingerprint density at radius 2 is 1.50 bits per heavy atom. The molecular weight excluding hydrogens is 366 g/mol. The van der Waals surface area contributed by atoms with Gasteiger partial charge in [-0.1, -0.05) is 18.2 Å². The van der Waals surface area contributed by atoms with Crippen molar-refractivity contribution in [1.29, 1.82) is 0 Å². The van der Waals surface area contributed by atoms with Crippen molar-refractivity contribution in [3.05, 3.63) is 59.7 Å². The number of carboxylic acid groups (broad SMARTS) is 1. The minimum absolute atomic E-state index is 0.265. The number of halogens is 6. The molecule has 0 aliphatic carbocycles. The molecule has 0 bridgehead atoms. The predicted molar refractivity (Wildman–Crippen MR) is 80.2 cm³/mol. The highest BCUT2D eigenvalue weighted by molar-refractivity contribution is 5.86. The topological polar surface area (TPSA) is 46.5 Å². The van der Waals surface area contributed by atoms with E-state index in [0.29, 0.717) is 11.6 Å². The van der Waals surface area contributed by atoms with Gasteiger partial charge in [-0.2, -0.15) is 13.2 Å². The van der Waals surface area contributed by atoms with Gasteiger partial charge in [0.25, 0.3) is 0 Å². The summed E-state index contributed by atoms with van der Waals surface area (Å²) in [7, 11) is 0. The van der Waals surface area contributed by atoms with Gasteiger partial charge >= 0.3 is 18.5 Å². The Morgan fingerprint density at radius 1 is 0.923 bits per heavy atom. The average molecular weight is 376 g/mol. The van der Waals surface area contributed by atoms with Gasteiger partial charge in [-0.25, -0.2) is 4.79 Å². The molecular formula is C17H10F6O3. The van der Waals surface area contributed by atoms with Crippen LogP contribution in [0.25, 0.3) is 17.2 Å². The fraction of sp³-hybridized carbons (Fsp3) is 0.118. The Bertz CT molecular complexity index is 820. The molecule has 0 saturated carbocycles. The SMILES string of the molecule is O=C(O)/C=C/c1cc(-c2ccc(OC(F)(F)F)cc2)ccc1C(F)(F)F. The van der Waals surface area contributed by atoms with E-state index in [1.54, 1.807) is 0 Å². The smallest absolute Gasteiger partial charge is 0.478 e. The van der Waals surface area contributed by atoms with Crippen molar-refractivity contribution in [3.8, 4) is 16.9 Å². The molecule has 2 rings (SSSR count). The van der Waals surface area contributed by atoms with Crippen LogP contribution >= 0.6 is 0 Å². The quantitative estimate of drug-likeness (QED) is 0.577. The summed E-state index contributed by atoms with van der Waals surface area (Å²) in [6, 6.07) is 7.54. The van der Waals surface area contributed by atoms with Gasteiger partial charge in [-0.15, -0.1) is 13.2 Å². The number of carbonyl (C=O) groups is 1. The van der Waals surface area contributed by atoms with E-state index in [1.807, 2.05) is 0 Å². The third kappa shape index (κ3) is 5.27. The van der Waals surface area contributed by atoms with Gasteiger partial charge in [-0.05, 0) is 47.0 Å². The zero-order valence-corrected chi connectivity index (χ0v) is 12.7. The van der Waals surface area contributed by atoms with Crippen LogP contribution in [-0.2, 0) is 11.0 Å². The molecule has 9 heteroatoms. The van der Waals surface area contributed by atoms with Gasteiger partial charge in [0.1, 0.15) is 5.75 Å². The van der Waals surface area contributed by atoms with Gasteiger partial charge in [0.2, 0.25) is 0 Å². The lowest BCUT2D eigenvalue weighted by molar-refractivity contribution is -0.274. The molecule has 0 radical (unpaired) electrons. The molecule has 0 atom stereocenters. The molecule has 2 aromatic rings. The minimum atomic E-state index is -4.86. The van der Waals surface area contributed by atoms with Crippen LogP contribution < -0.4 is 4.74 Å². The van der Waals surface area contributed by atoms with Crippen LogP contribution in [0.2, 0.25) is 0 Å². The van der Waals surface area contributed by atoms with Crippen LogP contribution in [0.15, 0.2) is 48.5 Å². The molecule has 0 amide bonds. The summed E-state index contributed by atoms with van der Waals surface area (Å²) in [5.74, 6) is -1.89. The molecule has 3 nitrogen and oxygen atoms in total. The molecule has 0 aromatic heterocycles. The highest BCUT2D eigenvalue weighted by atomic mass is 19.4. The molecule has 0 fully saturated rings. The van der Waals surface area contributed by atoms with Crippen LogP contribution in [0.3, 0.4) is 0 Å². The molecule has 0 aliphatic rings. The van der Waals surface area contributed by atoms with E-state index in [4.69, 9.17) is 5.11 Å². The molecule has 0 saturated heterocycles. The van der Waals surface area contributed by atoms with Crippen molar-refractivity contribution in [2.75, 3.05) is 0 Å². The van der Waals surface area contributed by atoms with Gasteiger partial charge in [0.05, 0.1) is 5.56 Å². The van der Waals surface area contributed by atoms with Gasteiger partial charge in [-0.3, -0.25) is 0 Å². The zero-order chi connectivity index (χ0) is 19.5. The number of alkyl halides is 6. The van der Waals surface area contributed by atoms with Crippen molar-refractivity contribution >= 4 is 12.0 Å². The summed E-state index contributed by atoms with van der Waals surface area (Å²) in [6.45, 7) is 0. The second-order valence-electron chi connectivity index (χ2n) is 5.04. The van der Waals surface area contributed by atoms with E-state index in [-0.39, 0.29) is 11.1 Å². The Balaban J connectivity index is 2.41. The van der Waals surface area contributed by atoms with E-state index in [0.717, 1.165) is 36.4 Å². The molecule has 0 unspecified atom stereocenters. The monoisotopic (exact) mass is 376 g/mol. The molecule has 138 valence electrons. The molecule has 1 N–H and O–H groups in total. The second-order valence-corrected chi connectivity index (χ2v) is 5.04. The molecule has 0 aliphatic heterocycles. The van der Waals surface area contributed by atoms with E-state index < -0.39 is 29.8 Å². The van der Waals surface area contributed by atoms with Crippen molar-refractivity contribution < 1.29 is 41.0 Å². The highest BCUT2D eigenvalue weighted by Gasteiger charge is 2.33. The van der Waals surface area contributed by atoms with Gasteiger partial charge in [0, 0.05) is 6.08 Å². The predicted octanol–water partition coefficient (Wildman–Crippen LogP) is 5.37. The summed E-state index contributed by atoms with van der Waals surface area (Å²) >= 11 is 0. The fourth-order valence-electron chi connectivity index (χ4n) is 2.15. The number of carboxylic acids is 1. The van der Waals surface area contributed by atoms with Crippen LogP contribution in [0, 0.1) is 0 Å². The van der Waals surface area contributed by atoms with Crippen molar-refractivity contribution in [2.45, 2.75) is 12.5 Å². The Hall–Kier alpha value is -2.97. The largest absolute Gasteiger partial charge is 0.573 e. The summed E-state index contributed by atoms with van der Waals surface area (Å²) in [4.78, 5) is 10.6. The highest BCUT2D eigenvalue weighted by Crippen LogP contribution is 2.35. The van der Waals surface area contributed by atoms with E-state index in [9.17, 15) is 31.1 Å². The molecule has 0 spiro atoms. The third-order valence-corrected chi connectivity index (χ3v) is 3.18. The molecule has 2 aromatic carbocycles. The third-order valence-electron chi connectivity index (χ3n) is 3.18. The number of ether oxygens (including phenoxy) is 1. The Morgan fingerprint density at radius 3 is 2.00 bits per heavy atom. The Kier molecular flexibility index (Phi) is 5.29.